The van der Waals surface area contributed by atoms with E-state index in [9.17, 15) is 4.79 Å². The number of rotatable bonds is 0. The summed E-state index contributed by atoms with van der Waals surface area (Å²) < 4.78 is 0. The van der Waals surface area contributed by atoms with Crippen molar-refractivity contribution in [3.63, 3.8) is 0 Å². The van der Waals surface area contributed by atoms with Crippen molar-refractivity contribution < 1.29 is 4.79 Å². The Labute approximate surface area is 67.3 Å². The fourth-order valence-electron chi connectivity index (χ4n) is 1.38. The largest absolute Gasteiger partial charge is 0.355 e. The van der Waals surface area contributed by atoms with Crippen LogP contribution in [0.5, 0.6) is 0 Å². The summed E-state index contributed by atoms with van der Waals surface area (Å²) in [5.41, 5.74) is 5.70. The van der Waals surface area contributed by atoms with Crippen LogP contribution in [0.15, 0.2) is 0 Å². The number of hydrogen-bond donors (Lipinski definition) is 2. The predicted molar refractivity (Wildman–Crippen MR) is 44.0 cm³/mol. The summed E-state index contributed by atoms with van der Waals surface area (Å²) in [5.74, 6) is -0.00694. The molecule has 0 bridgehead atoms. The third-order valence-corrected chi connectivity index (χ3v) is 2.42. The van der Waals surface area contributed by atoms with Gasteiger partial charge in [-0.25, -0.2) is 0 Å². The van der Waals surface area contributed by atoms with Crippen molar-refractivity contribution in [1.29, 1.82) is 0 Å². The molecule has 3 nitrogen and oxygen atoms in total. The Bertz CT molecular complexity index is 165. The summed E-state index contributed by atoms with van der Waals surface area (Å²) in [7, 11) is 0. The Morgan fingerprint density at radius 1 is 1.64 bits per heavy atom. The molecule has 1 amide bonds. The third-order valence-electron chi connectivity index (χ3n) is 2.42. The molecule has 1 rings (SSSR count). The molecular formula is C8H16N2O. The lowest BCUT2D eigenvalue weighted by atomic mass is 9.81. The molecule has 1 aliphatic rings. The van der Waals surface area contributed by atoms with Crippen LogP contribution in [0.4, 0.5) is 0 Å². The van der Waals surface area contributed by atoms with Crippen LogP contribution in [0.3, 0.4) is 0 Å². The van der Waals surface area contributed by atoms with Gasteiger partial charge < -0.3 is 11.1 Å². The second-order valence-electron chi connectivity index (χ2n) is 3.86. The van der Waals surface area contributed by atoms with Gasteiger partial charge >= 0.3 is 0 Å². The number of carbonyl (C=O) groups excluding carboxylic acids is 1. The van der Waals surface area contributed by atoms with E-state index in [1.165, 1.54) is 0 Å². The van der Waals surface area contributed by atoms with Crippen LogP contribution in [0.1, 0.15) is 26.7 Å². The smallest absolute Gasteiger partial charge is 0.237 e. The average molecular weight is 156 g/mol. The van der Waals surface area contributed by atoms with E-state index in [0.29, 0.717) is 0 Å². The van der Waals surface area contributed by atoms with E-state index in [2.05, 4.69) is 5.32 Å². The van der Waals surface area contributed by atoms with Crippen molar-refractivity contribution in [1.82, 2.24) is 5.32 Å². The standard InChI is InChI=1S/C8H16N2O/c1-8(2)4-3-5-10-7(11)6(8)9/h6H,3-5,9H2,1-2H3,(H,10,11)/t6-/m1/s1. The van der Waals surface area contributed by atoms with Crippen molar-refractivity contribution in [3.05, 3.63) is 0 Å². The Hall–Kier alpha value is -0.570. The van der Waals surface area contributed by atoms with Crippen LogP contribution in [0, 0.1) is 5.41 Å². The fourth-order valence-corrected chi connectivity index (χ4v) is 1.38. The molecule has 0 aromatic carbocycles. The summed E-state index contributed by atoms with van der Waals surface area (Å²) >= 11 is 0. The Morgan fingerprint density at radius 3 is 2.91 bits per heavy atom. The van der Waals surface area contributed by atoms with Gasteiger partial charge in [0.2, 0.25) is 5.91 Å². The van der Waals surface area contributed by atoms with E-state index in [1.807, 2.05) is 13.8 Å². The molecule has 0 spiro atoms. The molecule has 1 saturated heterocycles. The summed E-state index contributed by atoms with van der Waals surface area (Å²) in [6.45, 7) is 4.86. The van der Waals surface area contributed by atoms with E-state index in [-0.39, 0.29) is 17.4 Å². The molecule has 3 heteroatoms. The first-order chi connectivity index (χ1) is 5.04. The van der Waals surface area contributed by atoms with Crippen molar-refractivity contribution in [2.24, 2.45) is 11.1 Å². The minimum atomic E-state index is -0.343. The fraction of sp³-hybridized carbons (Fsp3) is 0.875. The van der Waals surface area contributed by atoms with Gasteiger partial charge in [-0.1, -0.05) is 13.8 Å². The molecule has 1 fully saturated rings. The van der Waals surface area contributed by atoms with E-state index in [4.69, 9.17) is 5.73 Å². The lowest BCUT2D eigenvalue weighted by Crippen LogP contribution is -2.47. The Morgan fingerprint density at radius 2 is 2.27 bits per heavy atom. The van der Waals surface area contributed by atoms with Crippen LogP contribution in [-0.4, -0.2) is 18.5 Å². The molecule has 0 radical (unpaired) electrons. The van der Waals surface area contributed by atoms with Gasteiger partial charge in [0, 0.05) is 6.54 Å². The zero-order valence-corrected chi connectivity index (χ0v) is 7.18. The molecule has 0 aromatic rings. The lowest BCUT2D eigenvalue weighted by molar-refractivity contribution is -0.124. The van der Waals surface area contributed by atoms with E-state index in [1.54, 1.807) is 0 Å². The van der Waals surface area contributed by atoms with Crippen molar-refractivity contribution in [3.8, 4) is 0 Å². The minimum absolute atomic E-state index is 0.00694. The number of amides is 1. The topological polar surface area (TPSA) is 55.1 Å². The maximum Gasteiger partial charge on any atom is 0.237 e. The quantitative estimate of drug-likeness (QED) is 0.528. The lowest BCUT2D eigenvalue weighted by Gasteiger charge is -2.27. The zero-order chi connectivity index (χ0) is 8.48. The second kappa shape index (κ2) is 2.81. The van der Waals surface area contributed by atoms with Gasteiger partial charge in [-0.15, -0.1) is 0 Å². The van der Waals surface area contributed by atoms with Crippen LogP contribution in [-0.2, 0) is 4.79 Å². The molecular weight excluding hydrogens is 140 g/mol. The van der Waals surface area contributed by atoms with Crippen molar-refractivity contribution in [2.75, 3.05) is 6.54 Å². The first-order valence-electron chi connectivity index (χ1n) is 4.07. The number of hydrogen-bond acceptors (Lipinski definition) is 2. The molecule has 0 aromatic heterocycles. The van der Waals surface area contributed by atoms with Crippen molar-refractivity contribution in [2.45, 2.75) is 32.7 Å². The molecule has 1 heterocycles. The van der Waals surface area contributed by atoms with Gasteiger partial charge in [0.05, 0.1) is 6.04 Å². The van der Waals surface area contributed by atoms with Gasteiger partial charge in [0.15, 0.2) is 0 Å². The molecule has 1 atom stereocenters. The summed E-state index contributed by atoms with van der Waals surface area (Å²) in [5, 5.41) is 2.79. The van der Waals surface area contributed by atoms with Crippen LogP contribution >= 0.6 is 0 Å². The molecule has 0 saturated carbocycles. The van der Waals surface area contributed by atoms with E-state index >= 15 is 0 Å². The highest BCUT2D eigenvalue weighted by Gasteiger charge is 2.33. The van der Waals surface area contributed by atoms with Crippen LogP contribution in [0.2, 0.25) is 0 Å². The van der Waals surface area contributed by atoms with Gasteiger partial charge in [-0.2, -0.15) is 0 Å². The van der Waals surface area contributed by atoms with E-state index < -0.39 is 0 Å². The summed E-state index contributed by atoms with van der Waals surface area (Å²) in [4.78, 5) is 11.2. The summed E-state index contributed by atoms with van der Waals surface area (Å²) in [6.07, 6.45) is 2.05. The normalized spacial score (nSPS) is 30.8. The second-order valence-corrected chi connectivity index (χ2v) is 3.86. The Balaban J connectivity index is 2.73. The van der Waals surface area contributed by atoms with Gasteiger partial charge in [-0.3, -0.25) is 4.79 Å². The number of nitrogens with two attached hydrogens (primary N) is 1. The molecule has 1 aliphatic heterocycles. The molecule has 11 heavy (non-hydrogen) atoms. The van der Waals surface area contributed by atoms with Crippen LogP contribution < -0.4 is 11.1 Å². The van der Waals surface area contributed by atoms with Gasteiger partial charge in [0.1, 0.15) is 0 Å². The molecule has 64 valence electrons. The maximum atomic E-state index is 11.2. The predicted octanol–water partition coefficient (Wildman–Crippen LogP) is 0.250. The highest BCUT2D eigenvalue weighted by atomic mass is 16.2. The van der Waals surface area contributed by atoms with E-state index in [0.717, 1.165) is 19.4 Å². The SMILES string of the molecule is CC1(C)CCCNC(=O)[C@H]1N. The number of carbonyl (C=O) groups is 1. The maximum absolute atomic E-state index is 11.2. The average Bonchev–Trinajstić information content (AvgIpc) is 2.03. The van der Waals surface area contributed by atoms with Crippen molar-refractivity contribution >= 4 is 5.91 Å². The molecule has 0 aliphatic carbocycles. The third kappa shape index (κ3) is 1.71. The van der Waals surface area contributed by atoms with Gasteiger partial charge in [0.25, 0.3) is 0 Å². The van der Waals surface area contributed by atoms with Gasteiger partial charge in [-0.05, 0) is 18.3 Å². The highest BCUT2D eigenvalue weighted by molar-refractivity contribution is 5.82. The minimum Gasteiger partial charge on any atom is -0.355 e. The monoisotopic (exact) mass is 156 g/mol. The molecule has 3 N–H and O–H groups in total. The zero-order valence-electron chi connectivity index (χ0n) is 7.18. The Kier molecular flexibility index (Phi) is 2.18. The van der Waals surface area contributed by atoms with Crippen LogP contribution in [0.25, 0.3) is 0 Å². The number of nitrogens with one attached hydrogen (secondary N) is 1. The first kappa shape index (κ1) is 8.53. The summed E-state index contributed by atoms with van der Waals surface area (Å²) in [6, 6.07) is -0.343. The first-order valence-corrected chi connectivity index (χ1v) is 4.07. The molecule has 0 unspecified atom stereocenters. The highest BCUT2D eigenvalue weighted by Crippen LogP contribution is 2.27.